The third-order valence-electron chi connectivity index (χ3n) is 4.96. The fourth-order valence-corrected chi connectivity index (χ4v) is 3.49. The molecule has 0 aliphatic carbocycles. The van der Waals surface area contributed by atoms with Crippen LogP contribution >= 0.6 is 0 Å². The van der Waals surface area contributed by atoms with E-state index in [9.17, 15) is 19.5 Å². The first kappa shape index (κ1) is 18.5. The highest BCUT2D eigenvalue weighted by Gasteiger charge is 2.50. The lowest BCUT2D eigenvalue weighted by Crippen LogP contribution is -2.53. The molecule has 2 aliphatic rings. The van der Waals surface area contributed by atoms with Crippen molar-refractivity contribution in [1.82, 2.24) is 9.80 Å². The summed E-state index contributed by atoms with van der Waals surface area (Å²) in [6, 6.07) is -1.14. The molecule has 7 heteroatoms. The van der Waals surface area contributed by atoms with Gasteiger partial charge in [0.1, 0.15) is 6.04 Å². The van der Waals surface area contributed by atoms with Crippen LogP contribution in [0, 0.1) is 11.3 Å². The molecule has 0 bridgehead atoms. The lowest BCUT2D eigenvalue weighted by Gasteiger charge is -2.38. The zero-order chi connectivity index (χ0) is 18.1. The molecule has 2 fully saturated rings. The van der Waals surface area contributed by atoms with Crippen molar-refractivity contribution < 1.29 is 24.2 Å². The number of carboxylic acids is 1. The van der Waals surface area contributed by atoms with E-state index in [-0.39, 0.29) is 29.9 Å². The standard InChI is InChI=1S/C17H28N2O5/c1-11(20)18-7-5-12-9-13(15(21)22)19(14(12)10-18)16(23)24-8-6-17(2,3)4/h12-14H,5-10H2,1-4H3,(H,21,22)/t12-,13+,14-/m0/s1. The largest absolute Gasteiger partial charge is 0.480 e. The molecule has 24 heavy (non-hydrogen) atoms. The molecular formula is C17H28N2O5. The molecule has 0 radical (unpaired) electrons. The predicted molar refractivity (Wildman–Crippen MR) is 87.4 cm³/mol. The first-order valence-corrected chi connectivity index (χ1v) is 8.53. The number of nitrogens with zero attached hydrogens (tertiary/aromatic N) is 2. The van der Waals surface area contributed by atoms with E-state index in [4.69, 9.17) is 4.74 Å². The predicted octanol–water partition coefficient (Wildman–Crippen LogP) is 1.96. The van der Waals surface area contributed by atoms with Crippen LogP contribution in [0.25, 0.3) is 0 Å². The maximum atomic E-state index is 12.5. The van der Waals surface area contributed by atoms with E-state index in [0.717, 1.165) is 6.42 Å². The number of carboxylic acid groups (broad SMARTS) is 1. The lowest BCUT2D eigenvalue weighted by molar-refractivity contribution is -0.142. The first-order chi connectivity index (χ1) is 11.1. The summed E-state index contributed by atoms with van der Waals surface area (Å²) in [6.07, 6.45) is 1.28. The van der Waals surface area contributed by atoms with E-state index in [1.54, 1.807) is 4.90 Å². The molecule has 0 aromatic carbocycles. The molecule has 7 nitrogen and oxygen atoms in total. The quantitative estimate of drug-likeness (QED) is 0.848. The summed E-state index contributed by atoms with van der Waals surface area (Å²) in [6.45, 7) is 8.93. The highest BCUT2D eigenvalue weighted by molar-refractivity contribution is 5.81. The van der Waals surface area contributed by atoms with Gasteiger partial charge in [-0.2, -0.15) is 0 Å². The Hall–Kier alpha value is -1.79. The van der Waals surface area contributed by atoms with Gasteiger partial charge in [0.15, 0.2) is 0 Å². The molecule has 2 saturated heterocycles. The summed E-state index contributed by atoms with van der Waals surface area (Å²) >= 11 is 0. The smallest absolute Gasteiger partial charge is 0.410 e. The van der Waals surface area contributed by atoms with Gasteiger partial charge in [-0.3, -0.25) is 9.69 Å². The SMILES string of the molecule is CC(=O)N1CC[C@H]2C[C@H](C(=O)O)N(C(=O)OCCC(C)(C)C)[C@H]2C1. The van der Waals surface area contributed by atoms with Gasteiger partial charge in [-0.05, 0) is 30.6 Å². The van der Waals surface area contributed by atoms with Crippen molar-refractivity contribution in [1.29, 1.82) is 0 Å². The van der Waals surface area contributed by atoms with Crippen LogP contribution in [0.2, 0.25) is 0 Å². The zero-order valence-corrected chi connectivity index (χ0v) is 14.9. The minimum Gasteiger partial charge on any atom is -0.480 e. The summed E-state index contributed by atoms with van der Waals surface area (Å²) in [7, 11) is 0. The maximum absolute atomic E-state index is 12.5. The van der Waals surface area contributed by atoms with Crippen LogP contribution in [0.3, 0.4) is 0 Å². The topological polar surface area (TPSA) is 87.2 Å². The maximum Gasteiger partial charge on any atom is 0.410 e. The molecule has 2 heterocycles. The molecule has 0 saturated carbocycles. The number of rotatable bonds is 3. The van der Waals surface area contributed by atoms with Crippen molar-refractivity contribution in [3.63, 3.8) is 0 Å². The van der Waals surface area contributed by atoms with E-state index in [0.29, 0.717) is 25.9 Å². The second kappa shape index (κ2) is 6.99. The third kappa shape index (κ3) is 4.19. The second-order valence-corrected chi connectivity index (χ2v) is 8.00. The van der Waals surface area contributed by atoms with Gasteiger partial charge >= 0.3 is 12.1 Å². The van der Waals surface area contributed by atoms with Crippen molar-refractivity contribution in [2.24, 2.45) is 11.3 Å². The Labute approximate surface area is 142 Å². The molecule has 3 atom stereocenters. The van der Waals surface area contributed by atoms with Crippen molar-refractivity contribution in [3.05, 3.63) is 0 Å². The number of hydrogen-bond acceptors (Lipinski definition) is 4. The normalized spacial score (nSPS) is 26.9. The lowest BCUT2D eigenvalue weighted by atomic mass is 9.91. The zero-order valence-electron chi connectivity index (χ0n) is 14.9. The van der Waals surface area contributed by atoms with Crippen LogP contribution in [0.5, 0.6) is 0 Å². The number of hydrogen-bond donors (Lipinski definition) is 1. The molecule has 0 unspecified atom stereocenters. The van der Waals surface area contributed by atoms with Crippen molar-refractivity contribution in [3.8, 4) is 0 Å². The Morgan fingerprint density at radius 3 is 2.46 bits per heavy atom. The number of amides is 2. The van der Waals surface area contributed by atoms with Gasteiger partial charge in [-0.15, -0.1) is 0 Å². The number of carbonyl (C=O) groups is 3. The van der Waals surface area contributed by atoms with Gasteiger partial charge < -0.3 is 14.7 Å². The van der Waals surface area contributed by atoms with Crippen LogP contribution in [0.1, 0.15) is 47.0 Å². The van der Waals surface area contributed by atoms with Crippen LogP contribution in [0.15, 0.2) is 0 Å². The van der Waals surface area contributed by atoms with E-state index in [1.807, 2.05) is 0 Å². The fourth-order valence-electron chi connectivity index (χ4n) is 3.49. The molecule has 1 N–H and O–H groups in total. The van der Waals surface area contributed by atoms with Gasteiger partial charge in [0.2, 0.25) is 5.91 Å². The molecule has 0 spiro atoms. The molecule has 0 aromatic heterocycles. The molecule has 136 valence electrons. The number of piperidine rings is 1. The van der Waals surface area contributed by atoms with Crippen LogP contribution in [-0.2, 0) is 14.3 Å². The summed E-state index contributed by atoms with van der Waals surface area (Å²) in [4.78, 5) is 38.8. The van der Waals surface area contributed by atoms with Gasteiger partial charge in [-0.1, -0.05) is 20.8 Å². The third-order valence-corrected chi connectivity index (χ3v) is 4.96. The summed E-state index contributed by atoms with van der Waals surface area (Å²) in [5.41, 5.74) is 0.0380. The van der Waals surface area contributed by atoms with Crippen LogP contribution in [0.4, 0.5) is 4.79 Å². The van der Waals surface area contributed by atoms with E-state index in [1.165, 1.54) is 11.8 Å². The van der Waals surface area contributed by atoms with Gasteiger partial charge in [0.25, 0.3) is 0 Å². The average molecular weight is 340 g/mol. The Morgan fingerprint density at radius 2 is 1.92 bits per heavy atom. The molecule has 2 rings (SSSR count). The fraction of sp³-hybridized carbons (Fsp3) is 0.824. The van der Waals surface area contributed by atoms with Gasteiger partial charge in [-0.25, -0.2) is 9.59 Å². The first-order valence-electron chi connectivity index (χ1n) is 8.53. The number of aliphatic carboxylic acids is 1. The van der Waals surface area contributed by atoms with E-state index < -0.39 is 18.1 Å². The van der Waals surface area contributed by atoms with Crippen LogP contribution < -0.4 is 0 Å². The summed E-state index contributed by atoms with van der Waals surface area (Å²) in [5, 5.41) is 9.48. The molecule has 0 aromatic rings. The van der Waals surface area contributed by atoms with Gasteiger partial charge in [0.05, 0.1) is 12.6 Å². The minimum absolute atomic E-state index is 0.0380. The van der Waals surface area contributed by atoms with E-state index in [2.05, 4.69) is 20.8 Å². The van der Waals surface area contributed by atoms with E-state index >= 15 is 0 Å². The average Bonchev–Trinajstić information content (AvgIpc) is 2.84. The Balaban J connectivity index is 2.08. The Morgan fingerprint density at radius 1 is 1.25 bits per heavy atom. The number of fused-ring (bicyclic) bond motifs is 1. The number of likely N-dealkylation sites (tertiary alicyclic amines) is 2. The van der Waals surface area contributed by atoms with Crippen molar-refractivity contribution >= 4 is 18.0 Å². The highest BCUT2D eigenvalue weighted by Crippen LogP contribution is 2.36. The monoisotopic (exact) mass is 340 g/mol. The van der Waals surface area contributed by atoms with Crippen molar-refractivity contribution in [2.45, 2.75) is 59.0 Å². The van der Waals surface area contributed by atoms with Crippen LogP contribution in [-0.4, -0.2) is 64.7 Å². The minimum atomic E-state index is -1.01. The Bertz CT molecular complexity index is 514. The summed E-state index contributed by atoms with van der Waals surface area (Å²) < 4.78 is 5.35. The highest BCUT2D eigenvalue weighted by atomic mass is 16.6. The van der Waals surface area contributed by atoms with Crippen molar-refractivity contribution in [2.75, 3.05) is 19.7 Å². The second-order valence-electron chi connectivity index (χ2n) is 8.00. The number of carbonyl (C=O) groups excluding carboxylic acids is 2. The molecule has 2 aliphatic heterocycles. The van der Waals surface area contributed by atoms with Gasteiger partial charge in [0, 0.05) is 20.0 Å². The number of ether oxygens (including phenoxy) is 1. The molecular weight excluding hydrogens is 312 g/mol. The molecule has 2 amide bonds. The Kier molecular flexibility index (Phi) is 5.40. The summed E-state index contributed by atoms with van der Waals surface area (Å²) in [5.74, 6) is -0.948.